The number of rotatable bonds is 7. The van der Waals surface area contributed by atoms with Crippen LogP contribution in [0, 0.1) is 6.92 Å². The van der Waals surface area contributed by atoms with Gasteiger partial charge in [-0.2, -0.15) is 0 Å². The molecule has 0 spiro atoms. The number of ether oxygens (including phenoxy) is 1. The van der Waals surface area contributed by atoms with Crippen LogP contribution in [0.25, 0.3) is 0 Å². The lowest BCUT2D eigenvalue weighted by Gasteiger charge is -2.23. The molecule has 0 aliphatic heterocycles. The van der Waals surface area contributed by atoms with Crippen LogP contribution in [-0.4, -0.2) is 47.9 Å². The number of carbonyl (C=O) groups is 3. The van der Waals surface area contributed by atoms with Gasteiger partial charge in [0.15, 0.2) is 5.78 Å². The van der Waals surface area contributed by atoms with E-state index in [1.54, 1.807) is 52.8 Å². The zero-order chi connectivity index (χ0) is 19.9. The Hall–Kier alpha value is -2.08. The Morgan fingerprint density at radius 1 is 1.23 bits per heavy atom. The fraction of sp³-hybridized carbons (Fsp3) is 0.526. The highest BCUT2D eigenvalue weighted by Crippen LogP contribution is 2.19. The van der Waals surface area contributed by atoms with E-state index in [9.17, 15) is 14.4 Å². The molecule has 0 aromatic heterocycles. The van der Waals surface area contributed by atoms with Crippen molar-refractivity contribution in [1.82, 2.24) is 10.2 Å². The average molecular weight is 383 g/mol. The maximum absolute atomic E-state index is 12.6. The first-order chi connectivity index (χ1) is 12.0. The molecule has 0 saturated carbocycles. The summed E-state index contributed by atoms with van der Waals surface area (Å²) in [6, 6.07) is 5.11. The molecule has 0 atom stereocenters. The standard InChI is InChI=1S/C19H27ClN2O4/c1-6-17(24)22(11-10-21-18(25)26-19(3,4)5)12-16(23)14-8-7-9-15(20)13(14)2/h7-9H,6,10-12H2,1-5H3,(H,21,25). The number of nitrogens with zero attached hydrogens (tertiary/aromatic N) is 1. The smallest absolute Gasteiger partial charge is 0.407 e. The van der Waals surface area contributed by atoms with Crippen LogP contribution in [0.5, 0.6) is 0 Å². The molecule has 0 unspecified atom stereocenters. The predicted molar refractivity (Wildman–Crippen MR) is 102 cm³/mol. The molecular formula is C19H27ClN2O4. The number of benzene rings is 1. The summed E-state index contributed by atoms with van der Waals surface area (Å²) in [5, 5.41) is 3.10. The van der Waals surface area contributed by atoms with E-state index in [4.69, 9.17) is 16.3 Å². The van der Waals surface area contributed by atoms with Gasteiger partial charge in [0.05, 0.1) is 6.54 Å². The lowest BCUT2D eigenvalue weighted by Crippen LogP contribution is -2.42. The van der Waals surface area contributed by atoms with Crippen LogP contribution in [0.3, 0.4) is 0 Å². The lowest BCUT2D eigenvalue weighted by atomic mass is 10.0. The first-order valence-corrected chi connectivity index (χ1v) is 8.96. The van der Waals surface area contributed by atoms with Crippen LogP contribution in [0.2, 0.25) is 5.02 Å². The monoisotopic (exact) mass is 382 g/mol. The summed E-state index contributed by atoms with van der Waals surface area (Å²) in [6.45, 7) is 9.16. The zero-order valence-corrected chi connectivity index (χ0v) is 16.8. The van der Waals surface area contributed by atoms with Crippen molar-refractivity contribution in [3.8, 4) is 0 Å². The number of ketones is 1. The topological polar surface area (TPSA) is 75.7 Å². The molecule has 0 heterocycles. The SMILES string of the molecule is CCC(=O)N(CCNC(=O)OC(C)(C)C)CC(=O)c1cccc(Cl)c1C. The van der Waals surface area contributed by atoms with Crippen molar-refractivity contribution >= 4 is 29.4 Å². The van der Waals surface area contributed by atoms with Crippen molar-refractivity contribution in [2.24, 2.45) is 0 Å². The van der Waals surface area contributed by atoms with E-state index < -0.39 is 11.7 Å². The Labute approximate surface area is 159 Å². The maximum Gasteiger partial charge on any atom is 0.407 e. The fourth-order valence-electron chi connectivity index (χ4n) is 2.29. The molecular weight excluding hydrogens is 356 g/mol. The molecule has 1 aromatic rings. The Balaban J connectivity index is 2.70. The van der Waals surface area contributed by atoms with Gasteiger partial charge in [-0.05, 0) is 39.3 Å². The van der Waals surface area contributed by atoms with Crippen molar-refractivity contribution in [3.63, 3.8) is 0 Å². The number of halogens is 1. The summed E-state index contributed by atoms with van der Waals surface area (Å²) < 4.78 is 5.15. The van der Waals surface area contributed by atoms with Gasteiger partial charge in [0.1, 0.15) is 5.60 Å². The number of nitrogens with one attached hydrogen (secondary N) is 1. The molecule has 144 valence electrons. The van der Waals surface area contributed by atoms with E-state index >= 15 is 0 Å². The van der Waals surface area contributed by atoms with Crippen molar-refractivity contribution < 1.29 is 19.1 Å². The van der Waals surface area contributed by atoms with Crippen LogP contribution >= 0.6 is 11.6 Å². The van der Waals surface area contributed by atoms with Crippen molar-refractivity contribution in [1.29, 1.82) is 0 Å². The quantitative estimate of drug-likeness (QED) is 0.731. The highest BCUT2D eigenvalue weighted by molar-refractivity contribution is 6.31. The van der Waals surface area contributed by atoms with Crippen LogP contribution in [-0.2, 0) is 9.53 Å². The highest BCUT2D eigenvalue weighted by atomic mass is 35.5. The van der Waals surface area contributed by atoms with Gasteiger partial charge < -0.3 is 15.0 Å². The van der Waals surface area contributed by atoms with E-state index in [0.29, 0.717) is 16.1 Å². The molecule has 1 N–H and O–H groups in total. The summed E-state index contributed by atoms with van der Waals surface area (Å²) in [7, 11) is 0. The summed E-state index contributed by atoms with van der Waals surface area (Å²) in [5.41, 5.74) is 0.588. The van der Waals surface area contributed by atoms with Crippen LogP contribution in [0.4, 0.5) is 4.79 Å². The number of hydrogen-bond acceptors (Lipinski definition) is 4. The Kier molecular flexibility index (Phi) is 8.08. The second kappa shape index (κ2) is 9.57. The third kappa shape index (κ3) is 7.04. The molecule has 0 bridgehead atoms. The van der Waals surface area contributed by atoms with Gasteiger partial charge in [-0.25, -0.2) is 4.79 Å². The minimum absolute atomic E-state index is 0.0656. The number of amides is 2. The van der Waals surface area contributed by atoms with E-state index in [2.05, 4.69) is 5.32 Å². The molecule has 0 aliphatic rings. The van der Waals surface area contributed by atoms with E-state index in [0.717, 1.165) is 0 Å². The van der Waals surface area contributed by atoms with Crippen LogP contribution in [0.1, 0.15) is 50.0 Å². The largest absolute Gasteiger partial charge is 0.444 e. The molecule has 6 nitrogen and oxygen atoms in total. The first kappa shape index (κ1) is 22.0. The molecule has 1 aromatic carbocycles. The summed E-state index contributed by atoms with van der Waals surface area (Å²) in [4.78, 5) is 37.8. The first-order valence-electron chi connectivity index (χ1n) is 8.58. The van der Waals surface area contributed by atoms with E-state index in [1.165, 1.54) is 4.90 Å². The molecule has 7 heteroatoms. The van der Waals surface area contributed by atoms with E-state index in [-0.39, 0.29) is 37.7 Å². The maximum atomic E-state index is 12.6. The van der Waals surface area contributed by atoms with Gasteiger partial charge in [-0.3, -0.25) is 9.59 Å². The Bertz CT molecular complexity index is 668. The normalized spacial score (nSPS) is 11.0. The van der Waals surface area contributed by atoms with Gasteiger partial charge in [0, 0.05) is 30.1 Å². The van der Waals surface area contributed by atoms with Crippen molar-refractivity contribution in [2.45, 2.75) is 46.6 Å². The lowest BCUT2D eigenvalue weighted by molar-refractivity contribution is -0.130. The average Bonchev–Trinajstić information content (AvgIpc) is 2.53. The third-order valence-electron chi connectivity index (χ3n) is 3.61. The molecule has 0 fully saturated rings. The molecule has 0 saturated heterocycles. The van der Waals surface area contributed by atoms with Gasteiger partial charge in [0.25, 0.3) is 0 Å². The Morgan fingerprint density at radius 3 is 2.46 bits per heavy atom. The summed E-state index contributed by atoms with van der Waals surface area (Å²) >= 11 is 6.06. The number of hydrogen-bond donors (Lipinski definition) is 1. The molecule has 26 heavy (non-hydrogen) atoms. The molecule has 0 aliphatic carbocycles. The van der Waals surface area contributed by atoms with Crippen LogP contribution in [0.15, 0.2) is 18.2 Å². The van der Waals surface area contributed by atoms with Gasteiger partial charge >= 0.3 is 6.09 Å². The third-order valence-corrected chi connectivity index (χ3v) is 4.02. The summed E-state index contributed by atoms with van der Waals surface area (Å²) in [6.07, 6.45) is -0.285. The molecule has 0 radical (unpaired) electrons. The Morgan fingerprint density at radius 2 is 1.88 bits per heavy atom. The second-order valence-electron chi connectivity index (χ2n) is 6.93. The summed E-state index contributed by atoms with van der Waals surface area (Å²) in [5.74, 6) is -0.354. The molecule has 2 amide bonds. The fourth-order valence-corrected chi connectivity index (χ4v) is 2.47. The van der Waals surface area contributed by atoms with Crippen molar-refractivity contribution in [3.05, 3.63) is 34.3 Å². The van der Waals surface area contributed by atoms with Gasteiger partial charge in [-0.15, -0.1) is 0 Å². The number of Topliss-reactive ketones (excluding diaryl/α,β-unsaturated/α-hetero) is 1. The number of alkyl carbamates (subject to hydrolysis) is 1. The van der Waals surface area contributed by atoms with Gasteiger partial charge in [-0.1, -0.05) is 30.7 Å². The predicted octanol–water partition coefficient (Wildman–Crippen LogP) is 3.59. The number of carbonyl (C=O) groups excluding carboxylic acids is 3. The highest BCUT2D eigenvalue weighted by Gasteiger charge is 2.20. The minimum atomic E-state index is -0.594. The van der Waals surface area contributed by atoms with E-state index in [1.807, 2.05) is 0 Å². The van der Waals surface area contributed by atoms with Gasteiger partial charge in [0.2, 0.25) is 5.91 Å². The second-order valence-corrected chi connectivity index (χ2v) is 7.34. The zero-order valence-electron chi connectivity index (χ0n) is 16.0. The minimum Gasteiger partial charge on any atom is -0.444 e. The van der Waals surface area contributed by atoms with Crippen LogP contribution < -0.4 is 5.32 Å². The van der Waals surface area contributed by atoms with Crippen molar-refractivity contribution in [2.75, 3.05) is 19.6 Å². The molecule has 1 rings (SSSR count).